The Labute approximate surface area is 133 Å². The van der Waals surface area contributed by atoms with Crippen LogP contribution in [-0.4, -0.2) is 25.7 Å². The van der Waals surface area contributed by atoms with Crippen molar-refractivity contribution in [2.24, 2.45) is 11.5 Å². The molecule has 0 saturated carbocycles. The van der Waals surface area contributed by atoms with Crippen LogP contribution in [0.3, 0.4) is 0 Å². The van der Waals surface area contributed by atoms with Gasteiger partial charge in [0.1, 0.15) is 0 Å². The number of allylic oxidation sites excluding steroid dienone is 1. The Balaban J connectivity index is 0.000000261. The molecule has 9 heteroatoms. The van der Waals surface area contributed by atoms with E-state index in [-0.39, 0.29) is 0 Å². The van der Waals surface area contributed by atoms with Crippen LogP contribution in [0.1, 0.15) is 12.8 Å². The summed E-state index contributed by atoms with van der Waals surface area (Å²) in [5.41, 5.74) is 11.7. The van der Waals surface area contributed by atoms with Crippen LogP contribution in [0.2, 0.25) is 0 Å². The molecule has 2 aliphatic heterocycles. The molecule has 0 aromatic rings. The van der Waals surface area contributed by atoms with Gasteiger partial charge >= 0.3 is 49.6 Å². The first kappa shape index (κ1) is 19.8. The van der Waals surface area contributed by atoms with Gasteiger partial charge in [0.05, 0.1) is 0 Å². The van der Waals surface area contributed by atoms with Gasteiger partial charge in [-0.2, -0.15) is 6.20 Å². The minimum atomic E-state index is -3.06. The average Bonchev–Trinajstić information content (AvgIpc) is 2.29. The van der Waals surface area contributed by atoms with Gasteiger partial charge in [-0.3, -0.25) is 0 Å². The SMILES string of the molecule is NC1=CC[N-]C=C1.NC1CC[N-]CC1.[Cl][Pt+2]([Cl])([Cl])[Cl]. The van der Waals surface area contributed by atoms with Crippen molar-refractivity contribution in [2.75, 3.05) is 19.6 Å². The molecule has 4 nitrogen and oxygen atoms in total. The number of nitrogens with two attached hydrogens (primary N) is 2. The van der Waals surface area contributed by atoms with E-state index in [1.165, 1.54) is 0 Å². The number of hydrogen-bond acceptors (Lipinski definition) is 2. The summed E-state index contributed by atoms with van der Waals surface area (Å²) in [4.78, 5) is 0. The van der Waals surface area contributed by atoms with Gasteiger partial charge in [0.2, 0.25) is 0 Å². The number of piperidine rings is 1. The normalized spacial score (nSPS) is 19.9. The van der Waals surface area contributed by atoms with Crippen molar-refractivity contribution in [3.63, 3.8) is 0 Å². The predicted molar refractivity (Wildman–Crippen MR) is 83.4 cm³/mol. The second kappa shape index (κ2) is 11.5. The van der Waals surface area contributed by atoms with Gasteiger partial charge in [0, 0.05) is 11.7 Å². The van der Waals surface area contributed by atoms with Crippen molar-refractivity contribution in [1.82, 2.24) is 0 Å². The van der Waals surface area contributed by atoms with Crippen molar-refractivity contribution < 1.29 is 11.9 Å². The molecule has 2 rings (SSSR count). The zero-order valence-corrected chi connectivity index (χ0v) is 15.5. The number of rotatable bonds is 0. The number of nitrogens with zero attached hydrogens (tertiary/aromatic N) is 2. The molecule has 1 fully saturated rings. The first-order valence-corrected chi connectivity index (χ1v) is 16.7. The summed E-state index contributed by atoms with van der Waals surface area (Å²) in [5, 5.41) is 8.04. The van der Waals surface area contributed by atoms with E-state index in [1.807, 2.05) is 6.08 Å². The van der Waals surface area contributed by atoms with Crippen LogP contribution in [0.4, 0.5) is 0 Å². The van der Waals surface area contributed by atoms with E-state index in [1.54, 1.807) is 12.3 Å². The monoisotopic (exact) mass is 529 g/mol. The third-order valence-electron chi connectivity index (χ3n) is 2.12. The van der Waals surface area contributed by atoms with Gasteiger partial charge in [0.15, 0.2) is 0 Å². The molecule has 2 heterocycles. The third-order valence-corrected chi connectivity index (χ3v) is 2.12. The number of halogens is 4. The van der Waals surface area contributed by atoms with Crippen LogP contribution in [0.25, 0.3) is 10.6 Å². The molecule has 0 aliphatic carbocycles. The summed E-state index contributed by atoms with van der Waals surface area (Å²) in [7, 11) is 20.0. The molecule has 19 heavy (non-hydrogen) atoms. The van der Waals surface area contributed by atoms with E-state index in [9.17, 15) is 0 Å². The fraction of sp³-hybridized carbons (Fsp3) is 0.600. The maximum absolute atomic E-state index is 5.57. The Kier molecular flexibility index (Phi) is 12.0. The first-order chi connectivity index (χ1) is 8.79. The molecule has 0 aromatic carbocycles. The fourth-order valence-corrected chi connectivity index (χ4v) is 1.20. The van der Waals surface area contributed by atoms with E-state index < -0.39 is 11.9 Å². The molecule has 0 amide bonds. The molecule has 0 radical (unpaired) electrons. The minimum absolute atomic E-state index is 0.442. The summed E-state index contributed by atoms with van der Waals surface area (Å²) in [6.45, 7) is 2.71. The van der Waals surface area contributed by atoms with Crippen LogP contribution in [0, 0.1) is 0 Å². The molecule has 0 bridgehead atoms. The second-order valence-corrected chi connectivity index (χ2v) is 23.4. The molecule has 0 unspecified atom stereocenters. The Morgan fingerprint density at radius 1 is 1.16 bits per heavy atom. The van der Waals surface area contributed by atoms with Gasteiger partial charge in [-0.05, 0) is 0 Å². The predicted octanol–water partition coefficient (Wildman–Crippen LogP) is 3.97. The summed E-state index contributed by atoms with van der Waals surface area (Å²) >= 11 is -3.06. The van der Waals surface area contributed by atoms with Crippen molar-refractivity contribution >= 4 is 37.7 Å². The standard InChI is InChI=1S/C5H11N2.C5H7N2.4ClH.Pt/c2*6-5-1-3-7-4-2-5;;;;;/h5H,1-4,6H2;1-3H,4,6H2;4*1H;/q2*-1;;;;;+6/p-4. The summed E-state index contributed by atoms with van der Waals surface area (Å²) < 4.78 is 0. The molecule has 116 valence electrons. The Morgan fingerprint density at radius 2 is 1.68 bits per heavy atom. The molecule has 0 aromatic heterocycles. The van der Waals surface area contributed by atoms with Gasteiger partial charge in [-0.1, -0.05) is 25.0 Å². The Morgan fingerprint density at radius 3 is 1.89 bits per heavy atom. The van der Waals surface area contributed by atoms with Crippen molar-refractivity contribution in [1.29, 1.82) is 0 Å². The van der Waals surface area contributed by atoms with Crippen LogP contribution >= 0.6 is 37.7 Å². The fourth-order valence-electron chi connectivity index (χ4n) is 1.20. The van der Waals surface area contributed by atoms with E-state index in [0.717, 1.165) is 38.2 Å². The average molecular weight is 531 g/mol. The van der Waals surface area contributed by atoms with E-state index >= 15 is 0 Å². The molecular weight excluding hydrogens is 513 g/mol. The van der Waals surface area contributed by atoms with Gasteiger partial charge in [0.25, 0.3) is 0 Å². The van der Waals surface area contributed by atoms with Crippen LogP contribution < -0.4 is 11.5 Å². The molecule has 1 saturated heterocycles. The molecule has 0 spiro atoms. The molecule has 2 aliphatic rings. The molecule has 4 N–H and O–H groups in total. The maximum atomic E-state index is 5.57. The third kappa shape index (κ3) is 18.8. The van der Waals surface area contributed by atoms with E-state index in [0.29, 0.717) is 6.04 Å². The topological polar surface area (TPSA) is 80.2 Å². The summed E-state index contributed by atoms with van der Waals surface area (Å²) in [5.74, 6) is 0. The van der Waals surface area contributed by atoms with Crippen molar-refractivity contribution in [2.45, 2.75) is 18.9 Å². The zero-order valence-electron chi connectivity index (χ0n) is 10.2. The van der Waals surface area contributed by atoms with Crippen LogP contribution in [-0.2, 0) is 11.9 Å². The number of hydrogen-bond donors (Lipinski definition) is 2. The second-order valence-electron chi connectivity index (χ2n) is 3.66. The molecular formula is C10H18Cl4N4Pt. The summed E-state index contributed by atoms with van der Waals surface area (Å²) in [6.07, 6.45) is 7.57. The van der Waals surface area contributed by atoms with Crippen molar-refractivity contribution in [3.05, 3.63) is 34.7 Å². The van der Waals surface area contributed by atoms with Gasteiger partial charge < -0.3 is 22.1 Å². The van der Waals surface area contributed by atoms with Crippen LogP contribution in [0.5, 0.6) is 0 Å². The first-order valence-electron chi connectivity index (χ1n) is 5.44. The summed E-state index contributed by atoms with van der Waals surface area (Å²) in [6, 6.07) is 0.442. The van der Waals surface area contributed by atoms with Crippen molar-refractivity contribution in [3.8, 4) is 0 Å². The Hall–Kier alpha value is 0.848. The van der Waals surface area contributed by atoms with Crippen LogP contribution in [0.15, 0.2) is 24.0 Å². The van der Waals surface area contributed by atoms with E-state index in [4.69, 9.17) is 49.1 Å². The molecule has 0 atom stereocenters. The zero-order chi connectivity index (χ0) is 14.7. The van der Waals surface area contributed by atoms with E-state index in [2.05, 4.69) is 10.6 Å². The van der Waals surface area contributed by atoms with Gasteiger partial charge in [-0.25, -0.2) is 0 Å². The Bertz CT molecular complexity index is 282. The quantitative estimate of drug-likeness (QED) is 0.497. The van der Waals surface area contributed by atoms with Gasteiger partial charge in [-0.15, -0.1) is 19.6 Å².